The number of pyridine rings is 1. The lowest BCUT2D eigenvalue weighted by Crippen LogP contribution is -2.47. The van der Waals surface area contributed by atoms with Crippen molar-refractivity contribution in [2.45, 2.75) is 12.2 Å². The third kappa shape index (κ3) is 3.32. The summed E-state index contributed by atoms with van der Waals surface area (Å²) >= 11 is 9.28. The largest absolute Gasteiger partial charge is 0.417 e. The minimum atomic E-state index is -4.44. The molecule has 1 aromatic rings. The Balaban J connectivity index is 2.30. The summed E-state index contributed by atoms with van der Waals surface area (Å²) in [5.41, 5.74) is -0.843. The summed E-state index contributed by atoms with van der Waals surface area (Å²) in [7, 11) is 0. The number of halogens is 5. The van der Waals surface area contributed by atoms with Gasteiger partial charge in [0.25, 0.3) is 0 Å². The number of hydrogen-bond donors (Lipinski definition) is 0. The quantitative estimate of drug-likeness (QED) is 0.757. The molecule has 1 saturated heterocycles. The fourth-order valence-corrected chi connectivity index (χ4v) is 2.67. The molecule has 3 nitrogen and oxygen atoms in total. The Bertz CT molecular complexity index is 458. The third-order valence-corrected chi connectivity index (χ3v) is 3.85. The van der Waals surface area contributed by atoms with E-state index in [0.29, 0.717) is 30.9 Å². The predicted molar refractivity (Wildman–Crippen MR) is 70.0 cm³/mol. The first-order chi connectivity index (χ1) is 8.93. The monoisotopic (exact) mass is 358 g/mol. The maximum atomic E-state index is 12.5. The van der Waals surface area contributed by atoms with E-state index in [1.54, 1.807) is 0 Å². The van der Waals surface area contributed by atoms with Crippen molar-refractivity contribution < 1.29 is 17.9 Å². The summed E-state index contributed by atoms with van der Waals surface area (Å²) in [4.78, 5) is 5.73. The minimum Gasteiger partial charge on any atom is -0.377 e. The standard InChI is InChI=1S/C11H11BrClF3N2O/c12-4-8-6-19-2-1-18(8)10-9(13)3-7(5-17-10)11(14,15)16/h3,5,8H,1-2,4,6H2. The summed E-state index contributed by atoms with van der Waals surface area (Å²) in [6, 6.07) is 0.917. The number of nitrogens with zero attached hydrogens (tertiary/aromatic N) is 2. The fraction of sp³-hybridized carbons (Fsp3) is 0.545. The van der Waals surface area contributed by atoms with Gasteiger partial charge in [0.15, 0.2) is 0 Å². The highest BCUT2D eigenvalue weighted by molar-refractivity contribution is 9.09. The van der Waals surface area contributed by atoms with Crippen LogP contribution in [0.3, 0.4) is 0 Å². The highest BCUT2D eigenvalue weighted by Crippen LogP contribution is 2.34. The Labute approximate surface area is 121 Å². The average Bonchev–Trinajstić information content (AvgIpc) is 2.37. The van der Waals surface area contributed by atoms with Gasteiger partial charge in [-0.25, -0.2) is 4.98 Å². The average molecular weight is 360 g/mol. The lowest BCUT2D eigenvalue weighted by molar-refractivity contribution is -0.137. The maximum absolute atomic E-state index is 12.5. The van der Waals surface area contributed by atoms with Gasteiger partial charge in [-0.3, -0.25) is 0 Å². The first kappa shape index (κ1) is 14.9. The van der Waals surface area contributed by atoms with Gasteiger partial charge in [0.05, 0.1) is 29.8 Å². The van der Waals surface area contributed by atoms with Crippen molar-refractivity contribution in [3.8, 4) is 0 Å². The van der Waals surface area contributed by atoms with Crippen LogP contribution in [0.4, 0.5) is 19.0 Å². The first-order valence-corrected chi connectivity index (χ1v) is 7.06. The van der Waals surface area contributed by atoms with Gasteiger partial charge in [-0.1, -0.05) is 27.5 Å². The molecule has 1 aromatic heterocycles. The van der Waals surface area contributed by atoms with E-state index in [1.807, 2.05) is 4.90 Å². The number of anilines is 1. The van der Waals surface area contributed by atoms with E-state index in [-0.39, 0.29) is 11.1 Å². The van der Waals surface area contributed by atoms with E-state index in [2.05, 4.69) is 20.9 Å². The molecule has 106 valence electrons. The minimum absolute atomic E-state index is 0.00248. The van der Waals surface area contributed by atoms with E-state index >= 15 is 0 Å². The molecule has 2 heterocycles. The fourth-order valence-electron chi connectivity index (χ4n) is 1.86. The van der Waals surface area contributed by atoms with Crippen LogP contribution < -0.4 is 4.90 Å². The van der Waals surface area contributed by atoms with Crippen LogP contribution in [0.5, 0.6) is 0 Å². The molecule has 1 fully saturated rings. The molecule has 0 bridgehead atoms. The molecule has 1 atom stereocenters. The SMILES string of the molecule is FC(F)(F)c1cnc(N2CCOCC2CBr)c(Cl)c1. The van der Waals surface area contributed by atoms with E-state index in [9.17, 15) is 13.2 Å². The number of ether oxygens (including phenoxy) is 1. The van der Waals surface area contributed by atoms with Gasteiger partial charge in [-0.2, -0.15) is 13.2 Å². The zero-order chi connectivity index (χ0) is 14.0. The van der Waals surface area contributed by atoms with Crippen LogP contribution in [0, 0.1) is 0 Å². The Kier molecular flexibility index (Phi) is 4.58. The van der Waals surface area contributed by atoms with E-state index < -0.39 is 11.7 Å². The van der Waals surface area contributed by atoms with Gasteiger partial charge in [0.1, 0.15) is 5.82 Å². The zero-order valence-corrected chi connectivity index (χ0v) is 12.1. The molecule has 0 spiro atoms. The van der Waals surface area contributed by atoms with Crippen LogP contribution in [0.1, 0.15) is 5.56 Å². The Hall–Kier alpha value is -0.530. The summed E-state index contributed by atoms with van der Waals surface area (Å²) in [5, 5.41) is 0.633. The predicted octanol–water partition coefficient (Wildman–Crippen LogP) is 3.35. The number of aromatic nitrogens is 1. The third-order valence-electron chi connectivity index (χ3n) is 2.83. The first-order valence-electron chi connectivity index (χ1n) is 5.56. The van der Waals surface area contributed by atoms with Crippen molar-refractivity contribution in [2.75, 3.05) is 30.0 Å². The summed E-state index contributed by atoms with van der Waals surface area (Å²) in [5.74, 6) is 0.363. The molecule has 2 rings (SSSR count). The van der Waals surface area contributed by atoms with E-state index in [4.69, 9.17) is 16.3 Å². The van der Waals surface area contributed by atoms with Crippen LogP contribution in [-0.4, -0.2) is 36.1 Å². The summed E-state index contributed by atoms with van der Waals surface area (Å²) < 4.78 is 43.0. The Morgan fingerprint density at radius 3 is 2.84 bits per heavy atom. The van der Waals surface area contributed by atoms with Crippen LogP contribution >= 0.6 is 27.5 Å². The molecule has 19 heavy (non-hydrogen) atoms. The van der Waals surface area contributed by atoms with E-state index in [1.165, 1.54) is 0 Å². The van der Waals surface area contributed by atoms with Gasteiger partial charge < -0.3 is 9.64 Å². The molecule has 0 radical (unpaired) electrons. The van der Waals surface area contributed by atoms with Gasteiger partial charge >= 0.3 is 6.18 Å². The van der Waals surface area contributed by atoms with Gasteiger partial charge in [-0.15, -0.1) is 0 Å². The van der Waals surface area contributed by atoms with Gasteiger partial charge in [0.2, 0.25) is 0 Å². The maximum Gasteiger partial charge on any atom is 0.417 e. The van der Waals surface area contributed by atoms with Gasteiger partial charge in [-0.05, 0) is 6.07 Å². The second kappa shape index (κ2) is 5.85. The molecular formula is C11H11BrClF3N2O. The van der Waals surface area contributed by atoms with Crippen LogP contribution in [-0.2, 0) is 10.9 Å². The van der Waals surface area contributed by atoms with Crippen LogP contribution in [0.2, 0.25) is 5.02 Å². The van der Waals surface area contributed by atoms with Crippen LogP contribution in [0.25, 0.3) is 0 Å². The second-order valence-corrected chi connectivity index (χ2v) is 5.16. The molecule has 1 aliphatic heterocycles. The molecule has 0 amide bonds. The number of alkyl halides is 4. The molecule has 8 heteroatoms. The van der Waals surface area contributed by atoms with E-state index in [0.717, 1.165) is 12.3 Å². The Morgan fingerprint density at radius 1 is 1.53 bits per heavy atom. The second-order valence-electron chi connectivity index (χ2n) is 4.10. The van der Waals surface area contributed by atoms with Crippen molar-refractivity contribution in [1.82, 2.24) is 4.98 Å². The lowest BCUT2D eigenvalue weighted by atomic mass is 10.2. The van der Waals surface area contributed by atoms with Crippen molar-refractivity contribution >= 4 is 33.3 Å². The molecular weight excluding hydrogens is 348 g/mol. The molecule has 0 aromatic carbocycles. The molecule has 0 aliphatic carbocycles. The Morgan fingerprint density at radius 2 is 2.26 bits per heavy atom. The summed E-state index contributed by atoms with van der Waals surface area (Å²) in [6.45, 7) is 1.54. The summed E-state index contributed by atoms with van der Waals surface area (Å²) in [6.07, 6.45) is -3.63. The molecule has 0 N–H and O–H groups in total. The van der Waals surface area contributed by atoms with Crippen molar-refractivity contribution in [3.05, 3.63) is 22.8 Å². The lowest BCUT2D eigenvalue weighted by Gasteiger charge is -2.36. The van der Waals surface area contributed by atoms with Gasteiger partial charge in [0, 0.05) is 18.1 Å². The van der Waals surface area contributed by atoms with Crippen molar-refractivity contribution in [1.29, 1.82) is 0 Å². The van der Waals surface area contributed by atoms with Crippen molar-refractivity contribution in [3.63, 3.8) is 0 Å². The smallest absolute Gasteiger partial charge is 0.377 e. The van der Waals surface area contributed by atoms with Crippen molar-refractivity contribution in [2.24, 2.45) is 0 Å². The number of rotatable bonds is 2. The topological polar surface area (TPSA) is 25.4 Å². The molecule has 0 saturated carbocycles. The zero-order valence-electron chi connectivity index (χ0n) is 9.75. The highest BCUT2D eigenvalue weighted by atomic mass is 79.9. The molecule has 1 aliphatic rings. The number of hydrogen-bond acceptors (Lipinski definition) is 3. The highest BCUT2D eigenvalue weighted by Gasteiger charge is 2.33. The normalized spacial score (nSPS) is 20.7. The number of morpholine rings is 1. The van der Waals surface area contributed by atoms with Crippen LogP contribution in [0.15, 0.2) is 12.3 Å². The molecule has 1 unspecified atom stereocenters.